The van der Waals surface area contributed by atoms with Gasteiger partial charge in [0, 0.05) is 28.2 Å². The fourth-order valence-corrected chi connectivity index (χ4v) is 5.50. The zero-order valence-corrected chi connectivity index (χ0v) is 23.8. The summed E-state index contributed by atoms with van der Waals surface area (Å²) in [5, 5.41) is 2.96. The van der Waals surface area contributed by atoms with E-state index in [0.717, 1.165) is 22.1 Å². The van der Waals surface area contributed by atoms with Crippen LogP contribution in [0.2, 0.25) is 0 Å². The van der Waals surface area contributed by atoms with Crippen LogP contribution in [-0.4, -0.2) is 78.8 Å². The summed E-state index contributed by atoms with van der Waals surface area (Å²) in [7, 11) is 6.05. The van der Waals surface area contributed by atoms with Gasteiger partial charge >= 0.3 is 6.09 Å². The van der Waals surface area contributed by atoms with E-state index in [2.05, 4.69) is 5.32 Å². The van der Waals surface area contributed by atoms with Crippen molar-refractivity contribution in [2.75, 3.05) is 28.2 Å². The molecule has 0 spiro atoms. The van der Waals surface area contributed by atoms with Gasteiger partial charge < -0.3 is 24.8 Å². The molecular weight excluding hydrogens is 515 g/mol. The zero-order chi connectivity index (χ0) is 29.3. The number of hydrogen-bond acceptors (Lipinski definition) is 5. The Balaban J connectivity index is 1.75. The highest BCUT2D eigenvalue weighted by molar-refractivity contribution is 6.00. The molecule has 10 heteroatoms. The van der Waals surface area contributed by atoms with Crippen LogP contribution in [0.3, 0.4) is 0 Å². The third-order valence-electron chi connectivity index (χ3n) is 7.49. The molecule has 1 N–H and O–H groups in total. The SMILES string of the molecule is CC(C)CC1C(=O)NC(C2Cc3ccccc3C2)C(=O)N1C(C(=O)N(C)C)c1ccc(OC(=O)N(C)C)c(F)c1. The Morgan fingerprint density at radius 3 is 2.17 bits per heavy atom. The maximum Gasteiger partial charge on any atom is 0.414 e. The first-order chi connectivity index (χ1) is 18.9. The first kappa shape index (κ1) is 29.0. The van der Waals surface area contributed by atoms with E-state index < -0.39 is 35.9 Å². The van der Waals surface area contributed by atoms with Crippen LogP contribution in [-0.2, 0) is 27.2 Å². The van der Waals surface area contributed by atoms with E-state index in [-0.39, 0.29) is 35.0 Å². The van der Waals surface area contributed by atoms with Crippen molar-refractivity contribution < 1.29 is 28.3 Å². The first-order valence-corrected chi connectivity index (χ1v) is 13.5. The van der Waals surface area contributed by atoms with Gasteiger partial charge in [0.25, 0.3) is 0 Å². The number of ether oxygens (including phenoxy) is 1. The Hall–Kier alpha value is -3.95. The largest absolute Gasteiger partial charge is 0.414 e. The first-order valence-electron chi connectivity index (χ1n) is 13.5. The van der Waals surface area contributed by atoms with Crippen molar-refractivity contribution >= 4 is 23.8 Å². The highest BCUT2D eigenvalue weighted by Gasteiger charge is 2.49. The molecule has 4 rings (SSSR count). The normalized spacial score (nSPS) is 19.8. The Morgan fingerprint density at radius 2 is 1.65 bits per heavy atom. The molecule has 4 amide bonds. The lowest BCUT2D eigenvalue weighted by atomic mass is 9.88. The molecular formula is C30H37FN4O5. The number of carbonyl (C=O) groups excluding carboxylic acids is 4. The maximum absolute atomic E-state index is 15.2. The van der Waals surface area contributed by atoms with E-state index in [1.54, 1.807) is 14.1 Å². The van der Waals surface area contributed by atoms with Gasteiger partial charge in [-0.2, -0.15) is 0 Å². The number of carbonyl (C=O) groups is 4. The predicted molar refractivity (Wildman–Crippen MR) is 147 cm³/mol. The second kappa shape index (κ2) is 11.7. The summed E-state index contributed by atoms with van der Waals surface area (Å²) in [6.07, 6.45) is 0.825. The number of nitrogens with one attached hydrogen (secondary N) is 1. The van der Waals surface area contributed by atoms with E-state index in [1.165, 1.54) is 36.0 Å². The van der Waals surface area contributed by atoms with Crippen LogP contribution in [0.25, 0.3) is 0 Å². The molecule has 9 nitrogen and oxygen atoms in total. The van der Waals surface area contributed by atoms with Gasteiger partial charge in [0.2, 0.25) is 17.7 Å². The minimum atomic E-state index is -1.25. The molecule has 1 fully saturated rings. The highest BCUT2D eigenvalue weighted by atomic mass is 19.1. The van der Waals surface area contributed by atoms with Crippen molar-refractivity contribution in [2.45, 2.75) is 51.2 Å². The van der Waals surface area contributed by atoms with Gasteiger partial charge in [-0.1, -0.05) is 44.2 Å². The molecule has 0 aromatic heterocycles. The van der Waals surface area contributed by atoms with Gasteiger partial charge in [-0.15, -0.1) is 0 Å². The molecule has 3 atom stereocenters. The number of benzene rings is 2. The van der Waals surface area contributed by atoms with E-state index in [1.807, 2.05) is 38.1 Å². The molecule has 2 aromatic carbocycles. The predicted octanol–water partition coefficient (Wildman–Crippen LogP) is 3.17. The van der Waals surface area contributed by atoms with Crippen LogP contribution in [0.4, 0.5) is 9.18 Å². The Bertz CT molecular complexity index is 1290. The summed E-state index contributed by atoms with van der Waals surface area (Å²) in [5.41, 5.74) is 2.46. The second-order valence-corrected chi connectivity index (χ2v) is 11.4. The smallest absolute Gasteiger partial charge is 0.407 e. The minimum absolute atomic E-state index is 0.0398. The summed E-state index contributed by atoms with van der Waals surface area (Å²) in [6, 6.07) is 8.76. The standard InChI is InChI=1S/C30H37FN4O5/c1-17(2)13-23-27(36)32-25(21-14-18-9-7-8-10-19(18)15-21)28(37)35(23)26(29(38)33(3)4)20-11-12-24(22(31)16-20)40-30(39)34(5)6/h7-12,16-17,21,23,25-26H,13-15H2,1-6H3,(H,32,36). The third kappa shape index (κ3) is 5.80. The molecule has 1 aliphatic carbocycles. The third-order valence-corrected chi connectivity index (χ3v) is 7.49. The van der Waals surface area contributed by atoms with Crippen LogP contribution < -0.4 is 10.1 Å². The van der Waals surface area contributed by atoms with Gasteiger partial charge in [0.1, 0.15) is 18.1 Å². The molecule has 2 aliphatic rings. The number of piperazine rings is 1. The molecule has 1 aliphatic heterocycles. The fourth-order valence-electron chi connectivity index (χ4n) is 5.50. The van der Waals surface area contributed by atoms with E-state index in [0.29, 0.717) is 19.3 Å². The molecule has 0 saturated carbocycles. The highest BCUT2D eigenvalue weighted by Crippen LogP contribution is 2.36. The lowest BCUT2D eigenvalue weighted by molar-refractivity contribution is -0.159. The number of rotatable bonds is 7. The van der Waals surface area contributed by atoms with Gasteiger partial charge in [-0.25, -0.2) is 9.18 Å². The van der Waals surface area contributed by atoms with Crippen molar-refractivity contribution in [1.29, 1.82) is 0 Å². The molecule has 1 saturated heterocycles. The van der Waals surface area contributed by atoms with Crippen LogP contribution in [0.1, 0.15) is 43.0 Å². The average molecular weight is 553 g/mol. The lowest BCUT2D eigenvalue weighted by Gasteiger charge is -2.45. The molecule has 0 bridgehead atoms. The summed E-state index contributed by atoms with van der Waals surface area (Å²) >= 11 is 0. The van der Waals surface area contributed by atoms with Crippen LogP contribution in [0, 0.1) is 17.7 Å². The van der Waals surface area contributed by atoms with Crippen LogP contribution in [0.5, 0.6) is 5.75 Å². The summed E-state index contributed by atoms with van der Waals surface area (Å²) in [6.45, 7) is 3.87. The molecule has 214 valence electrons. The number of hydrogen-bond donors (Lipinski definition) is 1. The fraction of sp³-hybridized carbons (Fsp3) is 0.467. The van der Waals surface area contributed by atoms with Gasteiger partial charge in [-0.05, 0) is 59.9 Å². The molecule has 40 heavy (non-hydrogen) atoms. The number of fused-ring (bicyclic) bond motifs is 1. The number of halogens is 1. The van der Waals surface area contributed by atoms with Crippen molar-refractivity contribution in [2.24, 2.45) is 11.8 Å². The number of amides is 4. The number of nitrogens with zero attached hydrogens (tertiary/aromatic N) is 3. The Morgan fingerprint density at radius 1 is 1.02 bits per heavy atom. The van der Waals surface area contributed by atoms with E-state index >= 15 is 4.39 Å². The monoisotopic (exact) mass is 552 g/mol. The maximum atomic E-state index is 15.2. The van der Waals surface area contributed by atoms with Crippen LogP contribution in [0.15, 0.2) is 42.5 Å². The summed E-state index contributed by atoms with van der Waals surface area (Å²) in [4.78, 5) is 57.4. The van der Waals surface area contributed by atoms with Gasteiger partial charge in [0.15, 0.2) is 11.6 Å². The van der Waals surface area contributed by atoms with Gasteiger partial charge in [0.05, 0.1) is 0 Å². The van der Waals surface area contributed by atoms with Crippen molar-refractivity contribution in [3.8, 4) is 5.75 Å². The van der Waals surface area contributed by atoms with E-state index in [4.69, 9.17) is 4.74 Å². The minimum Gasteiger partial charge on any atom is -0.407 e. The number of likely N-dealkylation sites (N-methyl/N-ethyl adjacent to an activating group) is 1. The Labute approximate surface area is 234 Å². The molecule has 0 radical (unpaired) electrons. The van der Waals surface area contributed by atoms with Gasteiger partial charge in [-0.3, -0.25) is 14.4 Å². The van der Waals surface area contributed by atoms with E-state index in [9.17, 15) is 19.2 Å². The Kier molecular flexibility index (Phi) is 8.46. The molecule has 2 aromatic rings. The van der Waals surface area contributed by atoms with Crippen molar-refractivity contribution in [3.05, 3.63) is 65.0 Å². The summed E-state index contributed by atoms with van der Waals surface area (Å²) < 4.78 is 20.3. The lowest BCUT2D eigenvalue weighted by Crippen LogP contribution is -2.67. The summed E-state index contributed by atoms with van der Waals surface area (Å²) in [5.74, 6) is -2.46. The topological polar surface area (TPSA) is 99.3 Å². The average Bonchev–Trinajstić information content (AvgIpc) is 3.32. The molecule has 1 heterocycles. The quantitative estimate of drug-likeness (QED) is 0.569. The second-order valence-electron chi connectivity index (χ2n) is 11.4. The van der Waals surface area contributed by atoms with Crippen molar-refractivity contribution in [3.63, 3.8) is 0 Å². The zero-order valence-electron chi connectivity index (χ0n) is 23.8. The molecule has 3 unspecified atom stereocenters. The van der Waals surface area contributed by atoms with Crippen LogP contribution >= 0.6 is 0 Å². The van der Waals surface area contributed by atoms with Crippen molar-refractivity contribution in [1.82, 2.24) is 20.0 Å².